The summed E-state index contributed by atoms with van der Waals surface area (Å²) in [5.41, 5.74) is 1.20. The van der Waals surface area contributed by atoms with Gasteiger partial charge in [-0.25, -0.2) is 0 Å². The van der Waals surface area contributed by atoms with Gasteiger partial charge in [-0.05, 0) is 28.7 Å². The van der Waals surface area contributed by atoms with Crippen LogP contribution in [-0.2, 0) is 19.7 Å². The Hall–Kier alpha value is -2.80. The summed E-state index contributed by atoms with van der Waals surface area (Å²) in [5.74, 6) is -0.374. The first kappa shape index (κ1) is 25.3. The first-order chi connectivity index (χ1) is 16.6. The zero-order chi connectivity index (χ0) is 25.3. The number of ether oxygens (including phenoxy) is 1. The van der Waals surface area contributed by atoms with Gasteiger partial charge < -0.3 is 19.3 Å². The van der Waals surface area contributed by atoms with Crippen LogP contribution in [0.1, 0.15) is 54.2 Å². The SMILES string of the molecule is CC(C)(C)C(O)c1cc(=O)c(OCc2ccccc2)c2n1CCN(Cc1ccc(Cl)cc1Cl)C2=O. The van der Waals surface area contributed by atoms with Crippen LogP contribution in [0.5, 0.6) is 5.75 Å². The minimum absolute atomic E-state index is 0.0179. The molecule has 0 spiro atoms. The highest BCUT2D eigenvalue weighted by Crippen LogP contribution is 2.35. The summed E-state index contributed by atoms with van der Waals surface area (Å²) in [6, 6.07) is 16.0. The fraction of sp³-hybridized carbons (Fsp3) is 0.333. The maximum Gasteiger partial charge on any atom is 0.274 e. The van der Waals surface area contributed by atoms with Crippen molar-refractivity contribution in [3.63, 3.8) is 0 Å². The number of rotatable bonds is 6. The van der Waals surface area contributed by atoms with Crippen molar-refractivity contribution < 1.29 is 14.6 Å². The molecular weight excluding hydrogens is 487 g/mol. The number of amides is 1. The van der Waals surface area contributed by atoms with E-state index in [1.54, 1.807) is 27.7 Å². The average Bonchev–Trinajstić information content (AvgIpc) is 2.81. The number of fused-ring (bicyclic) bond motifs is 1. The van der Waals surface area contributed by atoms with Crippen LogP contribution in [0.25, 0.3) is 0 Å². The molecule has 8 heteroatoms. The van der Waals surface area contributed by atoms with Crippen molar-refractivity contribution in [3.05, 3.63) is 97.4 Å². The Kier molecular flexibility index (Phi) is 7.27. The molecule has 1 N–H and O–H groups in total. The van der Waals surface area contributed by atoms with E-state index in [2.05, 4.69) is 0 Å². The molecule has 1 atom stereocenters. The van der Waals surface area contributed by atoms with E-state index in [4.69, 9.17) is 27.9 Å². The topological polar surface area (TPSA) is 71.8 Å². The highest BCUT2D eigenvalue weighted by Gasteiger charge is 2.35. The van der Waals surface area contributed by atoms with Crippen molar-refractivity contribution in [2.75, 3.05) is 6.54 Å². The molecule has 0 fully saturated rings. The van der Waals surface area contributed by atoms with E-state index in [0.29, 0.717) is 28.8 Å². The number of benzene rings is 2. The first-order valence-electron chi connectivity index (χ1n) is 11.4. The van der Waals surface area contributed by atoms with Gasteiger partial charge in [0.05, 0.1) is 11.8 Å². The third-order valence-corrected chi connectivity index (χ3v) is 6.67. The number of hydrogen-bond donors (Lipinski definition) is 1. The lowest BCUT2D eigenvalue weighted by atomic mass is 9.86. The molecule has 2 aromatic carbocycles. The molecule has 35 heavy (non-hydrogen) atoms. The van der Waals surface area contributed by atoms with Crippen LogP contribution < -0.4 is 10.2 Å². The lowest BCUT2D eigenvalue weighted by Crippen LogP contribution is -2.43. The third kappa shape index (κ3) is 5.40. The number of nitrogens with zero attached hydrogens (tertiary/aromatic N) is 2. The predicted molar refractivity (Wildman–Crippen MR) is 137 cm³/mol. The standard InChI is InChI=1S/C27H28Cl2N2O4/c1-27(2,3)25(33)21-14-22(32)24(35-16-17-7-5-4-6-8-17)23-26(34)30(11-12-31(21)23)15-18-9-10-19(28)13-20(18)29/h4-10,13-14,25,33H,11-12,15-16H2,1-3H3. The van der Waals surface area contributed by atoms with Crippen LogP contribution in [0.4, 0.5) is 0 Å². The van der Waals surface area contributed by atoms with Gasteiger partial charge >= 0.3 is 0 Å². The van der Waals surface area contributed by atoms with Crippen molar-refractivity contribution in [1.29, 1.82) is 0 Å². The zero-order valence-electron chi connectivity index (χ0n) is 19.9. The van der Waals surface area contributed by atoms with Crippen molar-refractivity contribution in [2.24, 2.45) is 5.41 Å². The van der Waals surface area contributed by atoms with E-state index in [-0.39, 0.29) is 30.5 Å². The second-order valence-electron chi connectivity index (χ2n) is 9.77. The molecule has 0 bridgehead atoms. The second kappa shape index (κ2) is 10.1. The molecule has 1 amide bonds. The number of aliphatic hydroxyl groups excluding tert-OH is 1. The minimum Gasteiger partial charge on any atom is -0.483 e. The summed E-state index contributed by atoms with van der Waals surface area (Å²) in [7, 11) is 0. The van der Waals surface area contributed by atoms with Gasteiger partial charge in [-0.15, -0.1) is 0 Å². The molecule has 1 unspecified atom stereocenters. The molecule has 0 radical (unpaired) electrons. The smallest absolute Gasteiger partial charge is 0.274 e. The summed E-state index contributed by atoms with van der Waals surface area (Å²) in [5, 5.41) is 12.0. The molecule has 4 rings (SSSR count). The molecule has 1 aliphatic heterocycles. The van der Waals surface area contributed by atoms with E-state index in [1.165, 1.54) is 6.07 Å². The van der Waals surface area contributed by atoms with Gasteiger partial charge in [-0.2, -0.15) is 0 Å². The number of hydrogen-bond acceptors (Lipinski definition) is 4. The molecular formula is C27H28Cl2N2O4. The third-order valence-electron chi connectivity index (χ3n) is 6.09. The summed E-state index contributed by atoms with van der Waals surface area (Å²) in [6.07, 6.45) is -0.942. The lowest BCUT2D eigenvalue weighted by Gasteiger charge is -2.35. The van der Waals surface area contributed by atoms with E-state index < -0.39 is 16.9 Å². The maximum atomic E-state index is 13.7. The fourth-order valence-electron chi connectivity index (χ4n) is 4.12. The Labute approximate surface area is 214 Å². The highest BCUT2D eigenvalue weighted by molar-refractivity contribution is 6.35. The van der Waals surface area contributed by atoms with Crippen molar-refractivity contribution in [1.82, 2.24) is 9.47 Å². The monoisotopic (exact) mass is 514 g/mol. The summed E-state index contributed by atoms with van der Waals surface area (Å²) in [4.78, 5) is 28.6. The van der Waals surface area contributed by atoms with Crippen LogP contribution in [0.2, 0.25) is 10.0 Å². The molecule has 2 heterocycles. The maximum absolute atomic E-state index is 13.7. The fourth-order valence-corrected chi connectivity index (χ4v) is 4.59. The summed E-state index contributed by atoms with van der Waals surface area (Å²) in [6.45, 7) is 6.83. The van der Waals surface area contributed by atoms with Crippen LogP contribution in [0.3, 0.4) is 0 Å². The molecule has 0 aliphatic carbocycles. The largest absolute Gasteiger partial charge is 0.483 e. The molecule has 3 aromatic rings. The van der Waals surface area contributed by atoms with Crippen LogP contribution >= 0.6 is 23.2 Å². The lowest BCUT2D eigenvalue weighted by molar-refractivity contribution is 0.0492. The van der Waals surface area contributed by atoms with E-state index in [1.807, 2.05) is 51.1 Å². The Balaban J connectivity index is 1.76. The summed E-state index contributed by atoms with van der Waals surface area (Å²) >= 11 is 12.4. The van der Waals surface area contributed by atoms with Crippen molar-refractivity contribution in [3.8, 4) is 5.75 Å². The molecule has 0 saturated carbocycles. The van der Waals surface area contributed by atoms with Crippen LogP contribution in [0.15, 0.2) is 59.4 Å². The normalized spacial score (nSPS) is 14.6. The number of aliphatic hydroxyl groups is 1. The number of halogens is 2. The Morgan fingerprint density at radius 3 is 2.40 bits per heavy atom. The van der Waals surface area contributed by atoms with Gasteiger partial charge in [0.25, 0.3) is 5.91 Å². The Morgan fingerprint density at radius 1 is 1.03 bits per heavy atom. The molecule has 184 valence electrons. The number of aromatic nitrogens is 1. The van der Waals surface area contributed by atoms with Crippen LogP contribution in [0, 0.1) is 5.41 Å². The second-order valence-corrected chi connectivity index (χ2v) is 10.6. The summed E-state index contributed by atoms with van der Waals surface area (Å²) < 4.78 is 7.67. The van der Waals surface area contributed by atoms with Gasteiger partial charge in [0.15, 0.2) is 11.4 Å². The van der Waals surface area contributed by atoms with Gasteiger partial charge in [0.2, 0.25) is 5.43 Å². The predicted octanol–water partition coefficient (Wildman–Crippen LogP) is 5.47. The highest BCUT2D eigenvalue weighted by atomic mass is 35.5. The Bertz CT molecular complexity index is 1300. The van der Waals surface area contributed by atoms with Crippen LogP contribution in [-0.4, -0.2) is 27.0 Å². The number of pyridine rings is 1. The van der Waals surface area contributed by atoms with E-state index >= 15 is 0 Å². The first-order valence-corrected chi connectivity index (χ1v) is 12.2. The zero-order valence-corrected chi connectivity index (χ0v) is 21.4. The quantitative estimate of drug-likeness (QED) is 0.473. The molecule has 6 nitrogen and oxygen atoms in total. The van der Waals surface area contributed by atoms with Gasteiger partial charge in [-0.1, -0.05) is 80.4 Å². The van der Waals surface area contributed by atoms with Gasteiger partial charge in [0, 0.05) is 35.7 Å². The van der Waals surface area contributed by atoms with Gasteiger partial charge in [-0.3, -0.25) is 9.59 Å². The van der Waals surface area contributed by atoms with E-state index in [0.717, 1.165) is 11.1 Å². The van der Waals surface area contributed by atoms with Crippen molar-refractivity contribution >= 4 is 29.1 Å². The van der Waals surface area contributed by atoms with E-state index in [9.17, 15) is 14.7 Å². The average molecular weight is 515 g/mol. The van der Waals surface area contributed by atoms with Crippen molar-refractivity contribution in [2.45, 2.75) is 46.6 Å². The minimum atomic E-state index is -0.942. The molecule has 0 saturated heterocycles. The molecule has 1 aromatic heterocycles. The number of carbonyl (C=O) groups excluding carboxylic acids is 1. The van der Waals surface area contributed by atoms with Gasteiger partial charge in [0.1, 0.15) is 6.61 Å². The number of carbonyl (C=O) groups is 1. The molecule has 1 aliphatic rings. The Morgan fingerprint density at radius 2 is 1.74 bits per heavy atom.